The molecule has 0 aliphatic carbocycles. The fraction of sp³-hybridized carbons (Fsp3) is 0.714. The van der Waals surface area contributed by atoms with E-state index in [1.54, 1.807) is 0 Å². The molecule has 5 nitrogen and oxygen atoms in total. The number of hydrogen-bond donors (Lipinski definition) is 2. The second kappa shape index (κ2) is 6.70. The van der Waals surface area contributed by atoms with E-state index in [-0.39, 0.29) is 0 Å². The quantitative estimate of drug-likeness (QED) is 0.817. The smallest absolute Gasteiger partial charge is 0.134 e. The number of nitrogens with zero attached hydrogens (tertiary/aromatic N) is 3. The van der Waals surface area contributed by atoms with Gasteiger partial charge in [-0.25, -0.2) is 9.97 Å². The molecule has 1 fully saturated rings. The molecule has 19 heavy (non-hydrogen) atoms. The zero-order valence-electron chi connectivity index (χ0n) is 12.2. The van der Waals surface area contributed by atoms with Crippen LogP contribution in [0.5, 0.6) is 0 Å². The molecule has 1 saturated heterocycles. The molecule has 0 amide bonds. The standard InChI is InChI=1S/C14H25N5/c1-4-7-19(3)14-8-13(17-11(2)18-14)16-10-12-5-6-15-9-12/h8,12,15H,4-7,9-10H2,1-3H3,(H,16,17,18). The summed E-state index contributed by atoms with van der Waals surface area (Å²) in [6.45, 7) is 8.38. The van der Waals surface area contributed by atoms with E-state index in [0.717, 1.165) is 50.1 Å². The van der Waals surface area contributed by atoms with Gasteiger partial charge in [0.1, 0.15) is 17.5 Å². The average molecular weight is 263 g/mol. The van der Waals surface area contributed by atoms with Gasteiger partial charge in [0.25, 0.3) is 0 Å². The minimum Gasteiger partial charge on any atom is -0.370 e. The van der Waals surface area contributed by atoms with E-state index in [1.165, 1.54) is 6.42 Å². The molecule has 1 aliphatic heterocycles. The summed E-state index contributed by atoms with van der Waals surface area (Å²) in [6.07, 6.45) is 2.37. The Morgan fingerprint density at radius 1 is 1.47 bits per heavy atom. The van der Waals surface area contributed by atoms with E-state index in [9.17, 15) is 0 Å². The van der Waals surface area contributed by atoms with Crippen molar-refractivity contribution in [2.45, 2.75) is 26.7 Å². The third-order valence-corrected chi connectivity index (χ3v) is 3.51. The highest BCUT2D eigenvalue weighted by Crippen LogP contribution is 2.16. The molecule has 1 aromatic rings. The normalized spacial score (nSPS) is 18.6. The summed E-state index contributed by atoms with van der Waals surface area (Å²) >= 11 is 0. The lowest BCUT2D eigenvalue weighted by atomic mass is 10.1. The number of rotatable bonds is 6. The molecule has 1 aliphatic rings. The summed E-state index contributed by atoms with van der Waals surface area (Å²) in [6, 6.07) is 2.05. The Balaban J connectivity index is 1.99. The maximum absolute atomic E-state index is 4.49. The first-order valence-electron chi connectivity index (χ1n) is 7.20. The Labute approximate surface area is 115 Å². The van der Waals surface area contributed by atoms with Crippen LogP contribution in [-0.2, 0) is 0 Å². The molecule has 1 atom stereocenters. The minimum atomic E-state index is 0.715. The molecule has 5 heteroatoms. The van der Waals surface area contributed by atoms with E-state index in [2.05, 4.69) is 39.5 Å². The highest BCUT2D eigenvalue weighted by molar-refractivity contribution is 5.48. The van der Waals surface area contributed by atoms with Crippen molar-refractivity contribution in [3.63, 3.8) is 0 Å². The van der Waals surface area contributed by atoms with Gasteiger partial charge in [0.2, 0.25) is 0 Å². The van der Waals surface area contributed by atoms with Gasteiger partial charge in [0.05, 0.1) is 0 Å². The second-order valence-corrected chi connectivity index (χ2v) is 5.32. The van der Waals surface area contributed by atoms with Gasteiger partial charge in [-0.05, 0) is 38.8 Å². The SMILES string of the molecule is CCCN(C)c1cc(NCC2CCNC2)nc(C)n1. The van der Waals surface area contributed by atoms with E-state index in [4.69, 9.17) is 0 Å². The summed E-state index contributed by atoms with van der Waals surface area (Å²) < 4.78 is 0. The topological polar surface area (TPSA) is 53.1 Å². The van der Waals surface area contributed by atoms with Gasteiger partial charge >= 0.3 is 0 Å². The fourth-order valence-corrected chi connectivity index (χ4v) is 2.43. The second-order valence-electron chi connectivity index (χ2n) is 5.32. The zero-order chi connectivity index (χ0) is 13.7. The summed E-state index contributed by atoms with van der Waals surface area (Å²) in [5, 5.41) is 6.83. The van der Waals surface area contributed by atoms with Gasteiger partial charge in [-0.15, -0.1) is 0 Å². The molecule has 0 spiro atoms. The van der Waals surface area contributed by atoms with Crippen LogP contribution in [0, 0.1) is 12.8 Å². The third kappa shape index (κ3) is 4.06. The molecule has 2 heterocycles. The van der Waals surface area contributed by atoms with Gasteiger partial charge in [-0.1, -0.05) is 6.92 Å². The van der Waals surface area contributed by atoms with E-state index < -0.39 is 0 Å². The van der Waals surface area contributed by atoms with Crippen molar-refractivity contribution in [2.24, 2.45) is 5.92 Å². The van der Waals surface area contributed by atoms with Crippen LogP contribution in [0.25, 0.3) is 0 Å². The van der Waals surface area contributed by atoms with Crippen LogP contribution in [0.4, 0.5) is 11.6 Å². The van der Waals surface area contributed by atoms with Crippen LogP contribution in [0.1, 0.15) is 25.6 Å². The van der Waals surface area contributed by atoms with Crippen molar-refractivity contribution in [1.29, 1.82) is 0 Å². The molecule has 106 valence electrons. The lowest BCUT2D eigenvalue weighted by Crippen LogP contribution is -2.21. The lowest BCUT2D eigenvalue weighted by Gasteiger charge is -2.19. The van der Waals surface area contributed by atoms with Gasteiger partial charge in [-0.3, -0.25) is 0 Å². The van der Waals surface area contributed by atoms with Crippen LogP contribution < -0.4 is 15.5 Å². The molecule has 0 aromatic carbocycles. The van der Waals surface area contributed by atoms with Crippen LogP contribution in [-0.4, -0.2) is 43.2 Å². The largest absolute Gasteiger partial charge is 0.370 e. The molecule has 1 unspecified atom stereocenters. The van der Waals surface area contributed by atoms with E-state index in [1.807, 2.05) is 13.0 Å². The predicted octanol–water partition coefficient (Wildman–Crippen LogP) is 1.65. The molecule has 0 radical (unpaired) electrons. The number of hydrogen-bond acceptors (Lipinski definition) is 5. The van der Waals surface area contributed by atoms with E-state index in [0.29, 0.717) is 5.92 Å². The summed E-state index contributed by atoms with van der Waals surface area (Å²) in [4.78, 5) is 11.1. The van der Waals surface area contributed by atoms with Crippen LogP contribution in [0.2, 0.25) is 0 Å². The minimum absolute atomic E-state index is 0.715. The molecule has 2 N–H and O–H groups in total. The highest BCUT2D eigenvalue weighted by Gasteiger charge is 2.14. The van der Waals surface area contributed by atoms with Gasteiger partial charge in [0.15, 0.2) is 0 Å². The molecule has 2 rings (SSSR count). The fourth-order valence-electron chi connectivity index (χ4n) is 2.43. The highest BCUT2D eigenvalue weighted by atomic mass is 15.2. The summed E-state index contributed by atoms with van der Waals surface area (Å²) in [5.41, 5.74) is 0. The first-order chi connectivity index (χ1) is 9.19. The number of aryl methyl sites for hydroxylation is 1. The maximum atomic E-state index is 4.49. The maximum Gasteiger partial charge on any atom is 0.134 e. The molecular formula is C14H25N5. The van der Waals surface area contributed by atoms with Crippen LogP contribution in [0.3, 0.4) is 0 Å². The number of anilines is 2. The number of aromatic nitrogens is 2. The first kappa shape index (κ1) is 14.1. The summed E-state index contributed by atoms with van der Waals surface area (Å²) in [5.74, 6) is 3.48. The predicted molar refractivity (Wildman–Crippen MR) is 79.8 cm³/mol. The Morgan fingerprint density at radius 3 is 3.00 bits per heavy atom. The third-order valence-electron chi connectivity index (χ3n) is 3.51. The van der Waals surface area contributed by atoms with Crippen molar-refractivity contribution in [3.8, 4) is 0 Å². The zero-order valence-corrected chi connectivity index (χ0v) is 12.2. The van der Waals surface area contributed by atoms with Crippen LogP contribution >= 0.6 is 0 Å². The van der Waals surface area contributed by atoms with Crippen LogP contribution in [0.15, 0.2) is 6.07 Å². The van der Waals surface area contributed by atoms with Gasteiger partial charge in [-0.2, -0.15) is 0 Å². The number of nitrogens with one attached hydrogen (secondary N) is 2. The van der Waals surface area contributed by atoms with Crippen molar-refractivity contribution in [3.05, 3.63) is 11.9 Å². The first-order valence-corrected chi connectivity index (χ1v) is 7.20. The average Bonchev–Trinajstić information content (AvgIpc) is 2.89. The Kier molecular flexibility index (Phi) is 4.96. The summed E-state index contributed by atoms with van der Waals surface area (Å²) in [7, 11) is 2.08. The monoisotopic (exact) mass is 263 g/mol. The van der Waals surface area contributed by atoms with E-state index >= 15 is 0 Å². The molecule has 1 aromatic heterocycles. The molecular weight excluding hydrogens is 238 g/mol. The molecule has 0 bridgehead atoms. The Bertz CT molecular complexity index is 401. The Hall–Kier alpha value is -1.36. The van der Waals surface area contributed by atoms with Crippen molar-refractivity contribution >= 4 is 11.6 Å². The van der Waals surface area contributed by atoms with Crippen molar-refractivity contribution < 1.29 is 0 Å². The lowest BCUT2D eigenvalue weighted by molar-refractivity contribution is 0.614. The van der Waals surface area contributed by atoms with Gasteiger partial charge < -0.3 is 15.5 Å². The Morgan fingerprint density at radius 2 is 2.32 bits per heavy atom. The van der Waals surface area contributed by atoms with Crippen molar-refractivity contribution in [1.82, 2.24) is 15.3 Å². The van der Waals surface area contributed by atoms with Crippen molar-refractivity contribution in [2.75, 3.05) is 43.4 Å². The van der Waals surface area contributed by atoms with Gasteiger partial charge in [0, 0.05) is 26.2 Å². The molecule has 0 saturated carbocycles.